The summed E-state index contributed by atoms with van der Waals surface area (Å²) in [5, 5.41) is 1.04. The molecule has 3 rings (SSSR count). The number of piperidine rings is 1. The Morgan fingerprint density at radius 3 is 2.56 bits per heavy atom. The van der Waals surface area contributed by atoms with E-state index in [-0.39, 0.29) is 18.0 Å². The first-order valence-corrected chi connectivity index (χ1v) is 10.7. The van der Waals surface area contributed by atoms with Crippen LogP contribution in [0.25, 0.3) is 0 Å². The highest BCUT2D eigenvalue weighted by atomic mass is 35.5. The first-order chi connectivity index (χ1) is 12.0. The summed E-state index contributed by atoms with van der Waals surface area (Å²) >= 11 is 6.02. The van der Waals surface area contributed by atoms with E-state index in [2.05, 4.69) is 6.92 Å². The third-order valence-electron chi connectivity index (χ3n) is 5.20. The van der Waals surface area contributed by atoms with Crippen molar-refractivity contribution >= 4 is 28.5 Å². The van der Waals surface area contributed by atoms with Gasteiger partial charge in [-0.05, 0) is 56.8 Å². The van der Waals surface area contributed by atoms with Crippen molar-refractivity contribution in [3.63, 3.8) is 0 Å². The first-order valence-electron chi connectivity index (χ1n) is 9.19. The maximum absolute atomic E-state index is 12.7. The molecule has 1 aromatic carbocycles. The highest BCUT2D eigenvalue weighted by Crippen LogP contribution is 2.35. The van der Waals surface area contributed by atoms with Gasteiger partial charge in [-0.3, -0.25) is 4.79 Å². The standard InChI is InChI=1S/C19H27ClN2O2S/c1-3-16(13-21(2)25(24)17-11-12-17)22-18(5-4-6-19(22)23)14-7-9-15(20)10-8-14/h7-10,16-18H,3-6,11-13H2,1-2H3/t16-,18?,25?/m0/s1. The average molecular weight is 383 g/mol. The van der Waals surface area contributed by atoms with Crippen molar-refractivity contribution in [2.24, 2.45) is 0 Å². The number of likely N-dealkylation sites (tertiary alicyclic amines) is 1. The van der Waals surface area contributed by atoms with E-state index in [1.165, 1.54) is 0 Å². The summed E-state index contributed by atoms with van der Waals surface area (Å²) in [4.78, 5) is 14.8. The molecule has 1 saturated carbocycles. The van der Waals surface area contributed by atoms with Crippen molar-refractivity contribution in [2.45, 2.75) is 62.8 Å². The maximum atomic E-state index is 12.7. The highest BCUT2D eigenvalue weighted by molar-refractivity contribution is 7.83. The molecule has 4 nitrogen and oxygen atoms in total. The lowest BCUT2D eigenvalue weighted by atomic mass is 9.92. The second-order valence-electron chi connectivity index (χ2n) is 7.11. The van der Waals surface area contributed by atoms with E-state index in [4.69, 9.17) is 11.6 Å². The average Bonchev–Trinajstić information content (AvgIpc) is 3.45. The molecule has 0 spiro atoms. The Morgan fingerprint density at radius 1 is 1.28 bits per heavy atom. The summed E-state index contributed by atoms with van der Waals surface area (Å²) in [7, 11) is 0.995. The molecule has 1 aliphatic heterocycles. The molecule has 2 unspecified atom stereocenters. The Bertz CT molecular complexity index is 633. The van der Waals surface area contributed by atoms with Gasteiger partial charge in [-0.25, -0.2) is 8.51 Å². The van der Waals surface area contributed by atoms with Gasteiger partial charge in [0.1, 0.15) is 0 Å². The molecule has 1 aromatic rings. The topological polar surface area (TPSA) is 40.6 Å². The van der Waals surface area contributed by atoms with Crippen molar-refractivity contribution in [1.82, 2.24) is 9.21 Å². The zero-order valence-corrected chi connectivity index (χ0v) is 16.6. The molecule has 25 heavy (non-hydrogen) atoms. The number of hydrogen-bond donors (Lipinski definition) is 0. The Labute approximate surface area is 158 Å². The van der Waals surface area contributed by atoms with Crippen LogP contribution in [-0.2, 0) is 15.8 Å². The van der Waals surface area contributed by atoms with Crippen LogP contribution in [0.5, 0.6) is 0 Å². The molecular formula is C19H27ClN2O2S. The van der Waals surface area contributed by atoms with Gasteiger partial charge in [-0.15, -0.1) is 0 Å². The molecule has 1 heterocycles. The third-order valence-corrected chi connectivity index (χ3v) is 7.25. The minimum absolute atomic E-state index is 0.0844. The molecule has 138 valence electrons. The van der Waals surface area contributed by atoms with E-state index in [0.29, 0.717) is 23.2 Å². The quantitative estimate of drug-likeness (QED) is 0.716. The molecule has 6 heteroatoms. The number of benzene rings is 1. The Hall–Kier alpha value is -0.910. The predicted octanol–water partition coefficient (Wildman–Crippen LogP) is 3.93. The van der Waals surface area contributed by atoms with E-state index in [1.807, 2.05) is 40.5 Å². The number of amides is 1. The van der Waals surface area contributed by atoms with Gasteiger partial charge >= 0.3 is 0 Å². The van der Waals surface area contributed by atoms with Crippen LogP contribution in [0.4, 0.5) is 0 Å². The number of likely N-dealkylation sites (N-methyl/N-ethyl adjacent to an activating group) is 1. The molecule has 1 saturated heterocycles. The van der Waals surface area contributed by atoms with E-state index < -0.39 is 11.0 Å². The SMILES string of the molecule is CC[C@@H](CN(C)S(=O)C1CC1)N1C(=O)CCCC1c1ccc(Cl)cc1. The van der Waals surface area contributed by atoms with Gasteiger partial charge in [-0.1, -0.05) is 30.7 Å². The van der Waals surface area contributed by atoms with Crippen LogP contribution in [0.2, 0.25) is 5.02 Å². The summed E-state index contributed by atoms with van der Waals surface area (Å²) in [5.41, 5.74) is 1.14. The van der Waals surface area contributed by atoms with Crippen molar-refractivity contribution < 1.29 is 9.00 Å². The largest absolute Gasteiger partial charge is 0.331 e. The van der Waals surface area contributed by atoms with Gasteiger partial charge < -0.3 is 4.90 Å². The van der Waals surface area contributed by atoms with E-state index >= 15 is 0 Å². The van der Waals surface area contributed by atoms with Gasteiger partial charge in [0.2, 0.25) is 5.91 Å². The van der Waals surface area contributed by atoms with Crippen molar-refractivity contribution in [2.75, 3.05) is 13.6 Å². The van der Waals surface area contributed by atoms with Crippen LogP contribution >= 0.6 is 11.6 Å². The minimum atomic E-state index is -0.924. The van der Waals surface area contributed by atoms with Gasteiger partial charge in [0, 0.05) is 29.3 Å². The number of rotatable bonds is 7. The fraction of sp³-hybridized carbons (Fsp3) is 0.632. The fourth-order valence-electron chi connectivity index (χ4n) is 3.67. The van der Waals surface area contributed by atoms with Crippen molar-refractivity contribution in [3.05, 3.63) is 34.9 Å². The number of hydrogen-bond acceptors (Lipinski definition) is 2. The Kier molecular flexibility index (Phi) is 6.18. The monoisotopic (exact) mass is 382 g/mol. The van der Waals surface area contributed by atoms with Crippen molar-refractivity contribution in [3.8, 4) is 0 Å². The van der Waals surface area contributed by atoms with Crippen molar-refractivity contribution in [1.29, 1.82) is 0 Å². The van der Waals surface area contributed by atoms with Gasteiger partial charge in [0.15, 0.2) is 0 Å². The van der Waals surface area contributed by atoms with E-state index in [9.17, 15) is 9.00 Å². The number of carbonyl (C=O) groups is 1. The van der Waals surface area contributed by atoms with Crippen LogP contribution in [0, 0.1) is 0 Å². The lowest BCUT2D eigenvalue weighted by Gasteiger charge is -2.42. The maximum Gasteiger partial charge on any atom is 0.223 e. The second-order valence-corrected chi connectivity index (χ2v) is 9.39. The summed E-state index contributed by atoms with van der Waals surface area (Å²) in [6.45, 7) is 2.77. The molecular weight excluding hydrogens is 356 g/mol. The van der Waals surface area contributed by atoms with E-state index in [1.54, 1.807) is 0 Å². The predicted molar refractivity (Wildman–Crippen MR) is 103 cm³/mol. The Balaban J connectivity index is 1.79. The summed E-state index contributed by atoms with van der Waals surface area (Å²) in [6, 6.07) is 8.01. The normalized spacial score (nSPS) is 23.8. The number of carbonyl (C=O) groups excluding carboxylic acids is 1. The lowest BCUT2D eigenvalue weighted by molar-refractivity contribution is -0.140. The van der Waals surface area contributed by atoms with Gasteiger partial charge in [-0.2, -0.15) is 0 Å². The molecule has 1 amide bonds. The van der Waals surface area contributed by atoms with E-state index in [0.717, 1.165) is 37.7 Å². The molecule has 0 aromatic heterocycles. The first kappa shape index (κ1) is 18.9. The van der Waals surface area contributed by atoms with Crippen LogP contribution in [0.15, 0.2) is 24.3 Å². The van der Waals surface area contributed by atoms with Crippen LogP contribution < -0.4 is 0 Å². The van der Waals surface area contributed by atoms with Gasteiger partial charge in [0.05, 0.1) is 17.0 Å². The highest BCUT2D eigenvalue weighted by Gasteiger charge is 2.36. The van der Waals surface area contributed by atoms with Crippen LogP contribution in [-0.4, -0.2) is 44.2 Å². The lowest BCUT2D eigenvalue weighted by Crippen LogP contribution is -2.49. The molecule has 3 atom stereocenters. The summed E-state index contributed by atoms with van der Waals surface area (Å²) in [6.07, 6.45) is 5.48. The minimum Gasteiger partial charge on any atom is -0.331 e. The Morgan fingerprint density at radius 2 is 1.96 bits per heavy atom. The summed E-state index contributed by atoms with van der Waals surface area (Å²) < 4.78 is 14.4. The molecule has 0 N–H and O–H groups in total. The smallest absolute Gasteiger partial charge is 0.223 e. The summed E-state index contributed by atoms with van der Waals surface area (Å²) in [5.74, 6) is 0.212. The van der Waals surface area contributed by atoms with Gasteiger partial charge in [0.25, 0.3) is 0 Å². The second kappa shape index (κ2) is 8.19. The molecule has 1 aliphatic carbocycles. The van der Waals surface area contributed by atoms with Crippen LogP contribution in [0.3, 0.4) is 0 Å². The number of halogens is 1. The molecule has 2 fully saturated rings. The molecule has 0 radical (unpaired) electrons. The number of nitrogens with zero attached hydrogens (tertiary/aromatic N) is 2. The van der Waals surface area contributed by atoms with Crippen LogP contribution in [0.1, 0.15) is 57.1 Å². The molecule has 2 aliphatic rings. The zero-order valence-electron chi connectivity index (χ0n) is 15.0. The zero-order chi connectivity index (χ0) is 18.0. The third kappa shape index (κ3) is 4.44. The fourth-order valence-corrected chi connectivity index (χ4v) is 5.16. The molecule has 0 bridgehead atoms.